The molecule has 51 heavy (non-hydrogen) atoms. The number of fused-ring (bicyclic) bond motifs is 2. The van der Waals surface area contributed by atoms with E-state index in [4.69, 9.17) is 0 Å². The molecule has 2 atom stereocenters. The van der Waals surface area contributed by atoms with Gasteiger partial charge in [0.15, 0.2) is 0 Å². The Morgan fingerprint density at radius 1 is 0.510 bits per heavy atom. The van der Waals surface area contributed by atoms with E-state index in [-0.39, 0.29) is 24.8 Å². The Labute approximate surface area is 326 Å². The molecule has 1 heterocycles. The van der Waals surface area contributed by atoms with Crippen LogP contribution in [-0.2, 0) is 20.3 Å². The normalized spacial score (nSPS) is 17.4. The number of aryl methyl sites for hydroxylation is 6. The zero-order valence-corrected chi connectivity index (χ0v) is 36.8. The molecule has 268 valence electrons. The van der Waals surface area contributed by atoms with Gasteiger partial charge in [-0.1, -0.05) is 0 Å². The van der Waals surface area contributed by atoms with Crippen LogP contribution in [0.4, 0.5) is 0 Å². The minimum Gasteiger partial charge on any atom is -1.00 e. The van der Waals surface area contributed by atoms with Crippen molar-refractivity contribution in [3.05, 3.63) is 126 Å². The summed E-state index contributed by atoms with van der Waals surface area (Å²) in [5.74, 6) is 0. The first kappa shape index (κ1) is 40.0. The third kappa shape index (κ3) is 7.11. The van der Waals surface area contributed by atoms with Crippen molar-refractivity contribution in [2.75, 3.05) is 0 Å². The molecule has 7 rings (SSSR count). The first-order valence-corrected chi connectivity index (χ1v) is 25.6. The van der Waals surface area contributed by atoms with Gasteiger partial charge in [0, 0.05) is 0 Å². The molecule has 0 spiro atoms. The molecule has 2 unspecified atom stereocenters. The van der Waals surface area contributed by atoms with Crippen molar-refractivity contribution in [2.24, 2.45) is 0 Å². The standard InChI is InChI=1S/2C23H27.C2H4.2ClH.Zr/c2*1-6-7-8-19-13-21-18(5)17(4)12-22(23(21)14-19)20-10-15(2)9-16(3)11-20;1-2;;;/h2*9-14H,6-8H2,1-5H3;1-2H2;2*1H;/q;;;;;+2/p-2. The molecule has 4 aromatic carbocycles. The first-order valence-electron chi connectivity index (χ1n) is 19.3. The van der Waals surface area contributed by atoms with Crippen molar-refractivity contribution in [3.8, 4) is 22.3 Å². The molecule has 0 N–H and O–H groups in total. The largest absolute Gasteiger partial charge is 1.00 e. The number of hydrogen-bond acceptors (Lipinski definition) is 0. The van der Waals surface area contributed by atoms with Crippen molar-refractivity contribution >= 4 is 12.2 Å². The van der Waals surface area contributed by atoms with Crippen LogP contribution < -0.4 is 24.8 Å². The maximum absolute atomic E-state index is 2.92. The third-order valence-electron chi connectivity index (χ3n) is 12.5. The van der Waals surface area contributed by atoms with E-state index in [1.165, 1.54) is 102 Å². The number of halogens is 2. The summed E-state index contributed by atoms with van der Waals surface area (Å²) < 4.78 is 4.42. The van der Waals surface area contributed by atoms with Crippen LogP contribution in [0.25, 0.3) is 34.4 Å². The monoisotopic (exact) mass is 794 g/mol. The number of rotatable bonds is 10. The van der Waals surface area contributed by atoms with Crippen molar-refractivity contribution in [3.63, 3.8) is 0 Å². The van der Waals surface area contributed by atoms with Crippen LogP contribution in [0.2, 0.25) is 8.26 Å². The molecular formula is C48H58Cl2Zr. The summed E-state index contributed by atoms with van der Waals surface area (Å²) in [5.41, 5.74) is 27.6. The predicted molar refractivity (Wildman–Crippen MR) is 212 cm³/mol. The number of unbranched alkanes of at least 4 members (excludes halogenated alkanes) is 2. The molecule has 3 heteroatoms. The van der Waals surface area contributed by atoms with E-state index in [2.05, 4.69) is 130 Å². The molecule has 2 aliphatic carbocycles. The third-order valence-corrected chi connectivity index (χ3v) is 25.5. The molecule has 1 fully saturated rings. The average molecular weight is 797 g/mol. The van der Waals surface area contributed by atoms with Crippen LogP contribution in [0.15, 0.2) is 59.7 Å². The van der Waals surface area contributed by atoms with Gasteiger partial charge in [-0.3, -0.25) is 0 Å². The SMILES string of the molecule is CCCCC1=Cc2c(-c3cc(C)cc(C)c3)cc(C)c(C)c2[CH]1[Zr+2]1([CH]2C(CCCC)=Cc3c(-c4cc(C)cc(C)c4)cc(C)c(C)c32)[CH2][CH2]1.[Cl-].[Cl-]. The van der Waals surface area contributed by atoms with E-state index in [9.17, 15) is 0 Å². The number of benzene rings is 4. The van der Waals surface area contributed by atoms with Crippen molar-refractivity contribution in [2.45, 2.75) is 123 Å². The molecule has 0 aromatic heterocycles. The molecule has 1 aliphatic heterocycles. The zero-order chi connectivity index (χ0) is 34.8. The minimum atomic E-state index is -2.92. The molecule has 4 aromatic rings. The van der Waals surface area contributed by atoms with Crippen LogP contribution in [0.3, 0.4) is 0 Å². The molecule has 0 nitrogen and oxygen atoms in total. The number of allylic oxidation sites excluding steroid dienone is 2. The summed E-state index contributed by atoms with van der Waals surface area (Å²) in [5, 5.41) is 0. The van der Waals surface area contributed by atoms with Crippen LogP contribution in [0.5, 0.6) is 0 Å². The Bertz CT molecular complexity index is 1860. The maximum Gasteiger partial charge on any atom is -1.00 e. The molecule has 0 amide bonds. The second kappa shape index (κ2) is 15.7. The summed E-state index contributed by atoms with van der Waals surface area (Å²) in [6, 6.07) is 19.4. The van der Waals surface area contributed by atoms with E-state index in [0.717, 1.165) is 0 Å². The fourth-order valence-corrected chi connectivity index (χ4v) is 28.0. The van der Waals surface area contributed by atoms with Gasteiger partial charge in [0.2, 0.25) is 0 Å². The Morgan fingerprint density at radius 3 is 1.18 bits per heavy atom. The van der Waals surface area contributed by atoms with Crippen molar-refractivity contribution < 1.29 is 45.1 Å². The summed E-state index contributed by atoms with van der Waals surface area (Å²) in [6.07, 6.45) is 13.1. The molecular weight excluding hydrogens is 739 g/mol. The van der Waals surface area contributed by atoms with E-state index in [1.54, 1.807) is 44.5 Å². The van der Waals surface area contributed by atoms with Crippen molar-refractivity contribution in [1.82, 2.24) is 0 Å². The number of hydrogen-bond donors (Lipinski definition) is 0. The molecule has 0 bridgehead atoms. The Hall–Kier alpha value is -2.18. The van der Waals surface area contributed by atoms with Gasteiger partial charge in [-0.2, -0.15) is 0 Å². The summed E-state index contributed by atoms with van der Waals surface area (Å²) >= 11 is -2.92. The second-order valence-corrected chi connectivity index (χ2v) is 27.7. The molecule has 1 saturated heterocycles. The topological polar surface area (TPSA) is 0 Å². The average Bonchev–Trinajstić information content (AvgIpc) is 3.59. The fourth-order valence-electron chi connectivity index (χ4n) is 10.0. The van der Waals surface area contributed by atoms with Gasteiger partial charge in [0.25, 0.3) is 0 Å². The molecule has 0 radical (unpaired) electrons. The van der Waals surface area contributed by atoms with E-state index < -0.39 is 20.3 Å². The van der Waals surface area contributed by atoms with Crippen LogP contribution in [0.1, 0.15) is 126 Å². The quantitative estimate of drug-likeness (QED) is 0.151. The van der Waals surface area contributed by atoms with Gasteiger partial charge in [0.1, 0.15) is 0 Å². The van der Waals surface area contributed by atoms with E-state index >= 15 is 0 Å². The van der Waals surface area contributed by atoms with E-state index in [1.807, 2.05) is 0 Å². The Kier molecular flexibility index (Phi) is 12.3. The van der Waals surface area contributed by atoms with Gasteiger partial charge in [-0.25, -0.2) is 0 Å². The van der Waals surface area contributed by atoms with Gasteiger partial charge < -0.3 is 24.8 Å². The predicted octanol–water partition coefficient (Wildman–Crippen LogP) is 8.46. The maximum atomic E-state index is 2.74. The fraction of sp³-hybridized carbons (Fsp3) is 0.417. The zero-order valence-electron chi connectivity index (χ0n) is 32.8. The smallest absolute Gasteiger partial charge is 1.00 e. The Balaban J connectivity index is 0.00000252. The van der Waals surface area contributed by atoms with Crippen LogP contribution in [0, 0.1) is 55.4 Å². The molecule has 0 saturated carbocycles. The van der Waals surface area contributed by atoms with Crippen LogP contribution in [-0.4, -0.2) is 0 Å². The van der Waals surface area contributed by atoms with Gasteiger partial charge >= 0.3 is 304 Å². The van der Waals surface area contributed by atoms with Gasteiger partial charge in [0.05, 0.1) is 0 Å². The minimum absolute atomic E-state index is 0. The van der Waals surface area contributed by atoms with E-state index in [0.29, 0.717) is 7.25 Å². The Morgan fingerprint density at radius 2 is 0.863 bits per heavy atom. The van der Waals surface area contributed by atoms with Crippen LogP contribution >= 0.6 is 0 Å². The summed E-state index contributed by atoms with van der Waals surface area (Å²) in [6.45, 7) is 23.5. The van der Waals surface area contributed by atoms with Crippen molar-refractivity contribution in [1.29, 1.82) is 0 Å². The van der Waals surface area contributed by atoms with Gasteiger partial charge in [-0.15, -0.1) is 0 Å². The first-order chi connectivity index (χ1) is 23.5. The summed E-state index contributed by atoms with van der Waals surface area (Å²) in [7, 11) is 0. The second-order valence-electron chi connectivity index (χ2n) is 16.4. The summed E-state index contributed by atoms with van der Waals surface area (Å²) in [4.78, 5) is 0. The molecule has 3 aliphatic rings. The van der Waals surface area contributed by atoms with Gasteiger partial charge in [-0.05, 0) is 0 Å².